The molecule has 1 aliphatic rings. The molecule has 21 heavy (non-hydrogen) atoms. The Labute approximate surface area is 137 Å². The van der Waals surface area contributed by atoms with Gasteiger partial charge in [0.1, 0.15) is 0 Å². The molecule has 0 aliphatic heterocycles. The van der Waals surface area contributed by atoms with Crippen LogP contribution in [-0.2, 0) is 9.59 Å². The summed E-state index contributed by atoms with van der Waals surface area (Å²) in [5.41, 5.74) is 2.91. The molecule has 0 spiro atoms. The first-order valence-electron chi connectivity index (χ1n) is 6.83. The number of allylic oxidation sites excluding steroid dienone is 2. The highest BCUT2D eigenvalue weighted by Gasteiger charge is 2.37. The van der Waals surface area contributed by atoms with Gasteiger partial charge in [-0.3, -0.25) is 9.59 Å². The number of aliphatic carboxylic acids is 1. The Morgan fingerprint density at radius 3 is 2.14 bits per heavy atom. The maximum atomic E-state index is 12.4. The molecular formula is C16H18INO3. The second-order valence-corrected chi connectivity index (χ2v) is 6.76. The first kappa shape index (κ1) is 16.0. The highest BCUT2D eigenvalue weighted by Crippen LogP contribution is 2.35. The monoisotopic (exact) mass is 399 g/mol. The van der Waals surface area contributed by atoms with E-state index in [4.69, 9.17) is 0 Å². The normalized spacial score (nSPS) is 22.0. The lowest BCUT2D eigenvalue weighted by molar-refractivity contribution is -0.146. The van der Waals surface area contributed by atoms with Crippen LogP contribution in [-0.4, -0.2) is 17.0 Å². The summed E-state index contributed by atoms with van der Waals surface area (Å²) < 4.78 is 1.08. The predicted molar refractivity (Wildman–Crippen MR) is 90.0 cm³/mol. The summed E-state index contributed by atoms with van der Waals surface area (Å²) in [5.74, 6) is -2.26. The molecule has 1 aliphatic carbocycles. The smallest absolute Gasteiger partial charge is 0.307 e. The van der Waals surface area contributed by atoms with Crippen molar-refractivity contribution < 1.29 is 14.7 Å². The SMILES string of the molecule is CC1=C(C)CC(C(=O)Nc2ccc(I)cc2)C(C(=O)O)C1. The van der Waals surface area contributed by atoms with Gasteiger partial charge in [0.15, 0.2) is 0 Å². The van der Waals surface area contributed by atoms with Crippen molar-refractivity contribution in [3.05, 3.63) is 39.0 Å². The summed E-state index contributed by atoms with van der Waals surface area (Å²) in [6, 6.07) is 7.46. The van der Waals surface area contributed by atoms with E-state index >= 15 is 0 Å². The largest absolute Gasteiger partial charge is 0.481 e. The van der Waals surface area contributed by atoms with Crippen LogP contribution in [0.2, 0.25) is 0 Å². The molecular weight excluding hydrogens is 381 g/mol. The third-order valence-electron chi connectivity index (χ3n) is 4.03. The van der Waals surface area contributed by atoms with E-state index in [0.717, 1.165) is 14.7 Å². The van der Waals surface area contributed by atoms with Gasteiger partial charge in [-0.25, -0.2) is 0 Å². The number of halogens is 1. The summed E-state index contributed by atoms with van der Waals surface area (Å²) in [4.78, 5) is 23.8. The molecule has 1 aromatic rings. The van der Waals surface area contributed by atoms with Gasteiger partial charge in [-0.2, -0.15) is 0 Å². The van der Waals surface area contributed by atoms with Crippen LogP contribution in [0.4, 0.5) is 5.69 Å². The van der Waals surface area contributed by atoms with Gasteiger partial charge >= 0.3 is 5.97 Å². The van der Waals surface area contributed by atoms with E-state index in [1.165, 1.54) is 0 Å². The van der Waals surface area contributed by atoms with E-state index < -0.39 is 17.8 Å². The lowest BCUT2D eigenvalue weighted by atomic mass is 9.76. The lowest BCUT2D eigenvalue weighted by Crippen LogP contribution is -2.36. The third kappa shape index (κ3) is 3.84. The molecule has 2 atom stereocenters. The molecule has 2 unspecified atom stereocenters. The number of anilines is 1. The Morgan fingerprint density at radius 2 is 1.62 bits per heavy atom. The van der Waals surface area contributed by atoms with E-state index in [-0.39, 0.29) is 5.91 Å². The number of hydrogen-bond donors (Lipinski definition) is 2. The van der Waals surface area contributed by atoms with Gasteiger partial charge in [-0.15, -0.1) is 0 Å². The number of carboxylic acids is 1. The van der Waals surface area contributed by atoms with Gasteiger partial charge in [-0.1, -0.05) is 11.1 Å². The van der Waals surface area contributed by atoms with Crippen molar-refractivity contribution in [2.45, 2.75) is 26.7 Å². The van der Waals surface area contributed by atoms with Crippen LogP contribution in [0, 0.1) is 15.4 Å². The molecule has 0 fully saturated rings. The molecule has 0 saturated carbocycles. The molecule has 1 amide bonds. The molecule has 0 saturated heterocycles. The van der Waals surface area contributed by atoms with Gasteiger partial charge in [0, 0.05) is 9.26 Å². The fourth-order valence-corrected chi connectivity index (χ4v) is 2.96. The number of carboxylic acid groups (broad SMARTS) is 1. The first-order valence-corrected chi connectivity index (χ1v) is 7.91. The highest BCUT2D eigenvalue weighted by atomic mass is 127. The Kier molecular flexibility index (Phi) is 5.03. The molecule has 2 N–H and O–H groups in total. The number of rotatable bonds is 3. The first-order chi connectivity index (χ1) is 9.88. The molecule has 0 radical (unpaired) electrons. The fourth-order valence-electron chi connectivity index (χ4n) is 2.60. The molecule has 1 aromatic carbocycles. The van der Waals surface area contributed by atoms with Crippen LogP contribution in [0.5, 0.6) is 0 Å². The number of carbonyl (C=O) groups is 2. The Balaban J connectivity index is 2.16. The molecule has 5 heteroatoms. The van der Waals surface area contributed by atoms with Crippen molar-refractivity contribution in [1.82, 2.24) is 0 Å². The summed E-state index contributed by atoms with van der Waals surface area (Å²) in [7, 11) is 0. The van der Waals surface area contributed by atoms with Crippen molar-refractivity contribution in [3.8, 4) is 0 Å². The maximum absolute atomic E-state index is 12.4. The van der Waals surface area contributed by atoms with E-state index in [0.29, 0.717) is 18.5 Å². The van der Waals surface area contributed by atoms with Gasteiger partial charge in [0.2, 0.25) is 5.91 Å². The fraction of sp³-hybridized carbons (Fsp3) is 0.375. The van der Waals surface area contributed by atoms with E-state index in [2.05, 4.69) is 27.9 Å². The number of amides is 1. The van der Waals surface area contributed by atoms with Crippen LogP contribution in [0.25, 0.3) is 0 Å². The summed E-state index contributed by atoms with van der Waals surface area (Å²) in [5, 5.41) is 12.2. The number of carbonyl (C=O) groups excluding carboxylic acids is 1. The van der Waals surface area contributed by atoms with Gasteiger partial charge in [-0.05, 0) is 73.5 Å². The van der Waals surface area contributed by atoms with Crippen LogP contribution in [0.1, 0.15) is 26.7 Å². The lowest BCUT2D eigenvalue weighted by Gasteiger charge is -2.29. The number of benzene rings is 1. The molecule has 0 heterocycles. The average Bonchev–Trinajstić information content (AvgIpc) is 2.43. The topological polar surface area (TPSA) is 66.4 Å². The van der Waals surface area contributed by atoms with Crippen LogP contribution < -0.4 is 5.32 Å². The zero-order valence-corrected chi connectivity index (χ0v) is 14.2. The number of hydrogen-bond acceptors (Lipinski definition) is 2. The molecule has 2 rings (SSSR count). The molecule has 112 valence electrons. The van der Waals surface area contributed by atoms with E-state index in [9.17, 15) is 14.7 Å². The Hall–Kier alpha value is -1.37. The van der Waals surface area contributed by atoms with Crippen LogP contribution in [0.15, 0.2) is 35.4 Å². The predicted octanol–water partition coefficient (Wildman–Crippen LogP) is 3.68. The van der Waals surface area contributed by atoms with Crippen LogP contribution in [0.3, 0.4) is 0 Å². The van der Waals surface area contributed by atoms with Crippen molar-refractivity contribution in [2.75, 3.05) is 5.32 Å². The van der Waals surface area contributed by atoms with Crippen molar-refractivity contribution >= 4 is 40.2 Å². The second-order valence-electron chi connectivity index (χ2n) is 5.52. The summed E-state index contributed by atoms with van der Waals surface area (Å²) >= 11 is 2.19. The Morgan fingerprint density at radius 1 is 1.10 bits per heavy atom. The van der Waals surface area contributed by atoms with Gasteiger partial charge < -0.3 is 10.4 Å². The van der Waals surface area contributed by atoms with E-state index in [1.54, 1.807) is 0 Å². The highest BCUT2D eigenvalue weighted by molar-refractivity contribution is 14.1. The van der Waals surface area contributed by atoms with Gasteiger partial charge in [0.25, 0.3) is 0 Å². The minimum Gasteiger partial charge on any atom is -0.481 e. The molecule has 0 aromatic heterocycles. The summed E-state index contributed by atoms with van der Waals surface area (Å²) in [6.07, 6.45) is 0.963. The Bertz CT molecular complexity index is 592. The van der Waals surface area contributed by atoms with Crippen molar-refractivity contribution in [1.29, 1.82) is 0 Å². The molecule has 0 bridgehead atoms. The summed E-state index contributed by atoms with van der Waals surface area (Å²) in [6.45, 7) is 3.91. The second kappa shape index (κ2) is 6.60. The number of nitrogens with one attached hydrogen (secondary N) is 1. The minimum atomic E-state index is -0.899. The quantitative estimate of drug-likeness (QED) is 0.602. The van der Waals surface area contributed by atoms with Crippen LogP contribution >= 0.6 is 22.6 Å². The molecule has 4 nitrogen and oxygen atoms in total. The van der Waals surface area contributed by atoms with E-state index in [1.807, 2.05) is 38.1 Å². The minimum absolute atomic E-state index is 0.213. The van der Waals surface area contributed by atoms with Crippen molar-refractivity contribution in [2.24, 2.45) is 11.8 Å². The average molecular weight is 399 g/mol. The van der Waals surface area contributed by atoms with Crippen molar-refractivity contribution in [3.63, 3.8) is 0 Å². The zero-order chi connectivity index (χ0) is 15.6. The zero-order valence-electron chi connectivity index (χ0n) is 12.0. The maximum Gasteiger partial charge on any atom is 0.307 e. The third-order valence-corrected chi connectivity index (χ3v) is 4.75. The standard InChI is InChI=1S/C16H18INO3/c1-9-7-13(14(16(20)21)8-10(9)2)15(19)18-12-5-3-11(17)4-6-12/h3-6,13-14H,7-8H2,1-2H3,(H,18,19)(H,20,21). The van der Waals surface area contributed by atoms with Gasteiger partial charge in [0.05, 0.1) is 11.8 Å².